The van der Waals surface area contributed by atoms with Gasteiger partial charge in [-0.1, -0.05) is 334 Å². The number of carbonyl (C=O) groups is 2. The zero-order valence-electron chi connectivity index (χ0n) is 50.8. The Morgan fingerprint density at radius 2 is 0.627 bits per heavy atom. The molecule has 0 saturated heterocycles. The summed E-state index contributed by atoms with van der Waals surface area (Å²) in [6.45, 7) is 4.92. The highest BCUT2D eigenvalue weighted by atomic mass is 16.5. The number of allylic oxidation sites excluding steroid dienone is 3. The Bertz CT molecular complexity index is 1170. The molecule has 75 heavy (non-hydrogen) atoms. The molecular weight excluding hydrogens is 923 g/mol. The first-order valence-corrected chi connectivity index (χ1v) is 34.1. The minimum absolute atomic E-state index is 0.00727. The maximum Gasteiger partial charge on any atom is 0.305 e. The molecule has 0 aliphatic carbocycles. The summed E-state index contributed by atoms with van der Waals surface area (Å²) >= 11 is 0. The lowest BCUT2D eigenvalue weighted by Crippen LogP contribution is -2.45. The molecule has 0 aromatic rings. The van der Waals surface area contributed by atoms with E-state index in [1.807, 2.05) is 6.08 Å². The molecule has 0 aliphatic rings. The third-order valence-corrected chi connectivity index (χ3v) is 16.0. The molecule has 0 rings (SSSR count). The molecule has 2 unspecified atom stereocenters. The highest BCUT2D eigenvalue weighted by Gasteiger charge is 2.18. The Balaban J connectivity index is 3.39. The summed E-state index contributed by atoms with van der Waals surface area (Å²) in [5.74, 6) is -0.0553. The van der Waals surface area contributed by atoms with Gasteiger partial charge in [-0.15, -0.1) is 0 Å². The molecule has 0 aromatic carbocycles. The number of hydrogen-bond acceptors (Lipinski definition) is 5. The number of rotatable bonds is 64. The fraction of sp³-hybridized carbons (Fsp3) is 0.913. The lowest BCUT2D eigenvalue weighted by atomic mass is 10.0. The number of nitrogens with one attached hydrogen (secondary N) is 1. The monoisotopic (exact) mass is 1060 g/mol. The van der Waals surface area contributed by atoms with Crippen LogP contribution in [0.25, 0.3) is 0 Å². The minimum Gasteiger partial charge on any atom is -0.466 e. The number of amides is 1. The lowest BCUT2D eigenvalue weighted by molar-refractivity contribution is -0.143. The van der Waals surface area contributed by atoms with E-state index < -0.39 is 12.1 Å². The summed E-state index contributed by atoms with van der Waals surface area (Å²) in [7, 11) is 0. The van der Waals surface area contributed by atoms with E-state index in [2.05, 4.69) is 31.3 Å². The smallest absolute Gasteiger partial charge is 0.305 e. The summed E-state index contributed by atoms with van der Waals surface area (Å²) in [5, 5.41) is 23.2. The van der Waals surface area contributed by atoms with E-state index >= 15 is 0 Å². The van der Waals surface area contributed by atoms with Crippen LogP contribution < -0.4 is 5.32 Å². The van der Waals surface area contributed by atoms with Crippen LogP contribution in [0.1, 0.15) is 380 Å². The van der Waals surface area contributed by atoms with Crippen LogP contribution in [0.2, 0.25) is 0 Å². The van der Waals surface area contributed by atoms with Gasteiger partial charge < -0.3 is 20.3 Å². The Hall–Kier alpha value is -1.66. The maximum absolute atomic E-state index is 12.5. The molecule has 0 heterocycles. The maximum atomic E-state index is 12.5. The molecule has 0 saturated carbocycles. The van der Waals surface area contributed by atoms with E-state index in [4.69, 9.17) is 4.74 Å². The highest BCUT2D eigenvalue weighted by Crippen LogP contribution is 2.19. The summed E-state index contributed by atoms with van der Waals surface area (Å²) in [5.41, 5.74) is 0. The van der Waals surface area contributed by atoms with Crippen molar-refractivity contribution in [3.63, 3.8) is 0 Å². The van der Waals surface area contributed by atoms with Gasteiger partial charge in [0, 0.05) is 12.8 Å². The fourth-order valence-corrected chi connectivity index (χ4v) is 10.7. The third-order valence-electron chi connectivity index (χ3n) is 16.0. The second-order valence-corrected chi connectivity index (χ2v) is 23.5. The van der Waals surface area contributed by atoms with Crippen molar-refractivity contribution < 1.29 is 24.5 Å². The van der Waals surface area contributed by atoms with Gasteiger partial charge in [-0.2, -0.15) is 0 Å². The van der Waals surface area contributed by atoms with E-state index in [9.17, 15) is 19.8 Å². The number of aliphatic hydroxyl groups excluding tert-OH is 2. The van der Waals surface area contributed by atoms with Crippen molar-refractivity contribution in [2.24, 2.45) is 0 Å². The van der Waals surface area contributed by atoms with Gasteiger partial charge in [0.05, 0.1) is 25.4 Å². The van der Waals surface area contributed by atoms with E-state index in [1.54, 1.807) is 6.08 Å². The number of aliphatic hydroxyl groups is 2. The van der Waals surface area contributed by atoms with Gasteiger partial charge in [-0.3, -0.25) is 9.59 Å². The average molecular weight is 1060 g/mol. The predicted molar refractivity (Wildman–Crippen MR) is 329 cm³/mol. The first-order chi connectivity index (χ1) is 37.0. The number of ether oxygens (including phenoxy) is 1. The molecule has 3 N–H and O–H groups in total. The van der Waals surface area contributed by atoms with Gasteiger partial charge in [0.15, 0.2) is 0 Å². The topological polar surface area (TPSA) is 95.9 Å². The second kappa shape index (κ2) is 64.9. The molecule has 0 spiro atoms. The van der Waals surface area contributed by atoms with Crippen molar-refractivity contribution in [3.8, 4) is 0 Å². The quantitative estimate of drug-likeness (QED) is 0.0320. The van der Waals surface area contributed by atoms with Gasteiger partial charge >= 0.3 is 5.97 Å². The van der Waals surface area contributed by atoms with Gasteiger partial charge in [0.1, 0.15) is 0 Å². The van der Waals surface area contributed by atoms with E-state index in [1.165, 1.54) is 308 Å². The minimum atomic E-state index is -0.844. The van der Waals surface area contributed by atoms with Gasteiger partial charge in [-0.25, -0.2) is 0 Å². The van der Waals surface area contributed by atoms with Crippen LogP contribution in [0, 0.1) is 0 Å². The number of hydrogen-bond donors (Lipinski definition) is 3. The van der Waals surface area contributed by atoms with Crippen LogP contribution in [-0.2, 0) is 14.3 Å². The Morgan fingerprint density at radius 1 is 0.360 bits per heavy atom. The van der Waals surface area contributed by atoms with Crippen molar-refractivity contribution in [3.05, 3.63) is 24.3 Å². The van der Waals surface area contributed by atoms with Gasteiger partial charge in [0.2, 0.25) is 5.91 Å². The molecule has 6 nitrogen and oxygen atoms in total. The van der Waals surface area contributed by atoms with Crippen LogP contribution in [0.3, 0.4) is 0 Å². The summed E-state index contributed by atoms with van der Waals surface area (Å²) in [6, 6.07) is -0.627. The van der Waals surface area contributed by atoms with Gasteiger partial charge in [0.25, 0.3) is 0 Å². The normalized spacial score (nSPS) is 12.6. The number of esters is 1. The van der Waals surface area contributed by atoms with E-state index in [0.29, 0.717) is 19.4 Å². The Kier molecular flexibility index (Phi) is 63.4. The molecule has 0 aromatic heterocycles. The van der Waals surface area contributed by atoms with Crippen molar-refractivity contribution in [1.29, 1.82) is 0 Å². The Labute approximate surface area is 469 Å². The second-order valence-electron chi connectivity index (χ2n) is 23.5. The van der Waals surface area contributed by atoms with Crippen molar-refractivity contribution in [2.45, 2.75) is 392 Å². The largest absolute Gasteiger partial charge is 0.466 e. The summed E-state index contributed by atoms with van der Waals surface area (Å²) in [4.78, 5) is 24.6. The molecule has 1 amide bonds. The zero-order chi connectivity index (χ0) is 54.3. The zero-order valence-corrected chi connectivity index (χ0v) is 50.8. The molecule has 444 valence electrons. The average Bonchev–Trinajstić information content (AvgIpc) is 3.41. The van der Waals surface area contributed by atoms with Crippen LogP contribution in [0.5, 0.6) is 0 Å². The van der Waals surface area contributed by atoms with Crippen LogP contribution in [0.15, 0.2) is 24.3 Å². The van der Waals surface area contributed by atoms with Crippen molar-refractivity contribution >= 4 is 11.9 Å². The number of carbonyl (C=O) groups excluding carboxylic acids is 2. The van der Waals surface area contributed by atoms with Crippen LogP contribution in [-0.4, -0.2) is 47.4 Å². The first-order valence-electron chi connectivity index (χ1n) is 34.1. The van der Waals surface area contributed by atoms with E-state index in [0.717, 1.165) is 44.9 Å². The van der Waals surface area contributed by atoms with Crippen molar-refractivity contribution in [2.75, 3.05) is 13.2 Å². The Morgan fingerprint density at radius 3 is 0.960 bits per heavy atom. The van der Waals surface area contributed by atoms with Crippen LogP contribution >= 0.6 is 0 Å². The standard InChI is InChI=1S/C69H133NO5/c1-3-5-7-9-11-13-15-17-18-19-20-28-31-34-38-41-45-49-53-57-61-67(72)66(65-71)70-68(73)62-58-54-50-46-42-39-35-32-29-26-24-22-21-23-25-27-30-33-36-40-44-48-52-56-60-64-75-69(74)63-59-55-51-47-43-37-16-14-12-10-8-6-4-2/h14,16,57,61,66-67,71-72H,3-13,15,17-56,58-60,62-65H2,1-2H3,(H,70,73)/b16-14-,61-57+. The molecule has 0 fully saturated rings. The molecule has 0 radical (unpaired) electrons. The van der Waals surface area contributed by atoms with E-state index in [-0.39, 0.29) is 18.5 Å². The van der Waals surface area contributed by atoms with Gasteiger partial charge in [-0.05, 0) is 57.8 Å². The SMILES string of the molecule is CCCCCC/C=C\CCCCCCCC(=O)OCCCCCCCCCCCCCCCCCCCCCCCCCCCC(=O)NC(CO)C(O)/C=C/CCCCCCCCCCCCCCCCCCCC. The predicted octanol–water partition coefficient (Wildman–Crippen LogP) is 21.8. The first kappa shape index (κ1) is 73.3. The molecule has 2 atom stereocenters. The molecule has 6 heteroatoms. The fourth-order valence-electron chi connectivity index (χ4n) is 10.7. The summed E-state index contributed by atoms with van der Waals surface area (Å²) in [6.07, 6.45) is 81.0. The lowest BCUT2D eigenvalue weighted by Gasteiger charge is -2.20. The summed E-state index contributed by atoms with van der Waals surface area (Å²) < 4.78 is 5.48. The molecular formula is C69H133NO5. The number of unbranched alkanes of at least 4 members (excludes halogenated alkanes) is 51. The molecule has 0 bridgehead atoms. The van der Waals surface area contributed by atoms with Crippen molar-refractivity contribution in [1.82, 2.24) is 5.32 Å². The molecule has 0 aliphatic heterocycles. The third kappa shape index (κ3) is 61.4. The van der Waals surface area contributed by atoms with Crippen LogP contribution in [0.4, 0.5) is 0 Å². The highest BCUT2D eigenvalue weighted by molar-refractivity contribution is 5.76.